The van der Waals surface area contributed by atoms with E-state index in [1.165, 1.54) is 0 Å². The molecule has 0 amide bonds. The van der Waals surface area contributed by atoms with Crippen molar-refractivity contribution in [1.82, 2.24) is 24.8 Å². The summed E-state index contributed by atoms with van der Waals surface area (Å²) < 4.78 is 0. The summed E-state index contributed by atoms with van der Waals surface area (Å²) in [5, 5.41) is 10.7. The average molecular weight is 525 g/mol. The molecule has 1 N–H and O–H groups in total. The highest BCUT2D eigenvalue weighted by Gasteiger charge is 2.34. The SMILES string of the molecule is CC[C@H]1CN(c2ncc(-c3ncc[nH]3)cc2Cl)CCN1C1CCN(Cc2ccc(Cl)cc2C#N)CC1. The second-order valence-electron chi connectivity index (χ2n) is 9.63. The van der Waals surface area contributed by atoms with Gasteiger partial charge < -0.3 is 9.88 Å². The van der Waals surface area contributed by atoms with Crippen molar-refractivity contribution in [1.29, 1.82) is 5.26 Å². The number of nitrogens with zero attached hydrogens (tertiary/aromatic N) is 6. The molecule has 2 aliphatic heterocycles. The quantitative estimate of drug-likeness (QED) is 0.477. The molecule has 0 radical (unpaired) electrons. The number of piperazine rings is 1. The molecule has 3 aromatic rings. The van der Waals surface area contributed by atoms with Gasteiger partial charge in [-0.25, -0.2) is 9.97 Å². The topological polar surface area (TPSA) is 75.1 Å². The van der Waals surface area contributed by atoms with E-state index in [4.69, 9.17) is 28.2 Å². The van der Waals surface area contributed by atoms with Crippen LogP contribution in [0.3, 0.4) is 0 Å². The molecule has 4 heterocycles. The number of pyridine rings is 1. The third kappa shape index (κ3) is 5.37. The predicted molar refractivity (Wildman–Crippen MR) is 144 cm³/mol. The number of piperidine rings is 1. The molecular formula is C27H31Cl2N7. The van der Waals surface area contributed by atoms with Crippen molar-refractivity contribution in [3.05, 3.63) is 64.0 Å². The number of nitriles is 1. The van der Waals surface area contributed by atoms with E-state index < -0.39 is 0 Å². The number of halogens is 2. The number of hydrogen-bond acceptors (Lipinski definition) is 6. The van der Waals surface area contributed by atoms with Crippen molar-refractivity contribution >= 4 is 29.0 Å². The molecule has 2 aromatic heterocycles. The summed E-state index contributed by atoms with van der Waals surface area (Å²) in [6.45, 7) is 8.01. The van der Waals surface area contributed by atoms with E-state index in [2.05, 4.69) is 37.7 Å². The van der Waals surface area contributed by atoms with Crippen LogP contribution in [0.15, 0.2) is 42.9 Å². The van der Waals surface area contributed by atoms with Gasteiger partial charge in [0.05, 0.1) is 16.7 Å². The summed E-state index contributed by atoms with van der Waals surface area (Å²) in [6.07, 6.45) is 8.75. The lowest BCUT2D eigenvalue weighted by atomic mass is 9.97. The molecule has 36 heavy (non-hydrogen) atoms. The van der Waals surface area contributed by atoms with Crippen molar-refractivity contribution in [2.24, 2.45) is 0 Å². The van der Waals surface area contributed by atoms with Gasteiger partial charge in [-0.1, -0.05) is 36.2 Å². The van der Waals surface area contributed by atoms with Gasteiger partial charge in [0, 0.05) is 67.4 Å². The lowest BCUT2D eigenvalue weighted by Gasteiger charge is -2.47. The standard InChI is InChI=1S/C27H31Cl2N7/c1-2-23-18-35(27-25(29)14-21(16-33-27)26-31-7-8-32-26)11-12-36(23)24-5-9-34(10-6-24)17-19-3-4-22(28)13-20(19)15-30/h3-4,7-8,13-14,16,23-24H,2,5-6,9-12,17-18H2,1H3,(H,31,32)/t23-/m0/s1. The van der Waals surface area contributed by atoms with Crippen LogP contribution in [0.4, 0.5) is 5.82 Å². The first kappa shape index (κ1) is 25.0. The van der Waals surface area contributed by atoms with Crippen molar-refractivity contribution < 1.29 is 0 Å². The minimum atomic E-state index is 0.472. The zero-order valence-electron chi connectivity index (χ0n) is 20.5. The molecular weight excluding hydrogens is 493 g/mol. The first-order chi connectivity index (χ1) is 17.6. The zero-order valence-corrected chi connectivity index (χ0v) is 22.0. The van der Waals surface area contributed by atoms with E-state index in [9.17, 15) is 5.26 Å². The van der Waals surface area contributed by atoms with Gasteiger partial charge in [0.2, 0.25) is 0 Å². The molecule has 9 heteroatoms. The second-order valence-corrected chi connectivity index (χ2v) is 10.5. The number of nitrogens with one attached hydrogen (secondary N) is 1. The Balaban J connectivity index is 1.19. The summed E-state index contributed by atoms with van der Waals surface area (Å²) in [7, 11) is 0. The Kier molecular flexibility index (Phi) is 7.78. The number of H-pyrrole nitrogens is 1. The fraction of sp³-hybridized carbons (Fsp3) is 0.444. The molecule has 1 atom stereocenters. The monoisotopic (exact) mass is 523 g/mol. The second kappa shape index (κ2) is 11.2. The number of aromatic nitrogens is 3. The molecule has 0 spiro atoms. The Morgan fingerprint density at radius 1 is 1.11 bits per heavy atom. The van der Waals surface area contributed by atoms with Crippen molar-refractivity contribution in [3.63, 3.8) is 0 Å². The van der Waals surface area contributed by atoms with E-state index in [1.807, 2.05) is 24.4 Å². The van der Waals surface area contributed by atoms with Gasteiger partial charge in [-0.15, -0.1) is 0 Å². The molecule has 5 rings (SSSR count). The summed E-state index contributed by atoms with van der Waals surface area (Å²) in [5.41, 5.74) is 2.63. The molecule has 2 aliphatic rings. The molecule has 0 saturated carbocycles. The molecule has 7 nitrogen and oxygen atoms in total. The number of benzene rings is 1. The molecule has 0 aliphatic carbocycles. The van der Waals surface area contributed by atoms with Crippen molar-refractivity contribution in [3.8, 4) is 17.5 Å². The molecule has 2 fully saturated rings. The fourth-order valence-electron chi connectivity index (χ4n) is 5.56. The highest BCUT2D eigenvalue weighted by molar-refractivity contribution is 6.33. The normalized spacial score (nSPS) is 19.9. The lowest BCUT2D eigenvalue weighted by molar-refractivity contribution is 0.0610. The van der Waals surface area contributed by atoms with E-state index in [-0.39, 0.29) is 0 Å². The van der Waals surface area contributed by atoms with Crippen LogP contribution in [-0.2, 0) is 6.54 Å². The molecule has 0 bridgehead atoms. The minimum absolute atomic E-state index is 0.472. The van der Waals surface area contributed by atoms with Gasteiger partial charge in [-0.2, -0.15) is 5.26 Å². The van der Waals surface area contributed by atoms with Gasteiger partial charge in [0.25, 0.3) is 0 Å². The zero-order chi connectivity index (χ0) is 25.1. The molecule has 0 unspecified atom stereocenters. The van der Waals surface area contributed by atoms with Gasteiger partial charge in [0.1, 0.15) is 11.6 Å². The van der Waals surface area contributed by atoms with Gasteiger partial charge in [0.15, 0.2) is 0 Å². The highest BCUT2D eigenvalue weighted by Crippen LogP contribution is 2.31. The molecule has 2 saturated heterocycles. The van der Waals surface area contributed by atoms with Crippen molar-refractivity contribution in [2.45, 2.75) is 44.8 Å². The number of rotatable bonds is 6. The average Bonchev–Trinajstić information content (AvgIpc) is 3.45. The van der Waals surface area contributed by atoms with Gasteiger partial charge in [-0.05, 0) is 56.1 Å². The maximum absolute atomic E-state index is 9.46. The molecule has 1 aromatic carbocycles. The first-order valence-corrected chi connectivity index (χ1v) is 13.4. The number of aromatic amines is 1. The van der Waals surface area contributed by atoms with E-state index in [0.717, 1.165) is 81.3 Å². The van der Waals surface area contributed by atoms with Crippen LogP contribution in [0.2, 0.25) is 10.0 Å². The summed E-state index contributed by atoms with van der Waals surface area (Å²) in [6, 6.07) is 10.9. The third-order valence-electron chi connectivity index (χ3n) is 7.50. The Hall–Kier alpha value is -2.63. The smallest absolute Gasteiger partial charge is 0.147 e. The summed E-state index contributed by atoms with van der Waals surface area (Å²) >= 11 is 12.7. The first-order valence-electron chi connectivity index (χ1n) is 12.6. The largest absolute Gasteiger partial charge is 0.353 e. The number of anilines is 1. The minimum Gasteiger partial charge on any atom is -0.353 e. The fourth-order valence-corrected chi connectivity index (χ4v) is 6.02. The maximum Gasteiger partial charge on any atom is 0.147 e. The number of imidazole rings is 1. The van der Waals surface area contributed by atoms with E-state index in [0.29, 0.717) is 27.7 Å². The highest BCUT2D eigenvalue weighted by atomic mass is 35.5. The molecule has 188 valence electrons. The van der Waals surface area contributed by atoms with Crippen LogP contribution in [-0.4, -0.2) is 69.6 Å². The van der Waals surface area contributed by atoms with Crippen LogP contribution in [0.5, 0.6) is 0 Å². The van der Waals surface area contributed by atoms with Crippen LogP contribution >= 0.6 is 23.2 Å². The Morgan fingerprint density at radius 2 is 1.94 bits per heavy atom. The maximum atomic E-state index is 9.46. The summed E-state index contributed by atoms with van der Waals surface area (Å²) in [5.74, 6) is 1.63. The Morgan fingerprint density at radius 3 is 2.64 bits per heavy atom. The van der Waals surface area contributed by atoms with Crippen LogP contribution < -0.4 is 4.90 Å². The Bertz CT molecular complexity index is 1220. The van der Waals surface area contributed by atoms with Crippen LogP contribution in [0.1, 0.15) is 37.3 Å². The van der Waals surface area contributed by atoms with Gasteiger partial charge in [-0.3, -0.25) is 9.80 Å². The van der Waals surface area contributed by atoms with E-state index in [1.54, 1.807) is 18.5 Å². The van der Waals surface area contributed by atoms with Crippen molar-refractivity contribution in [2.75, 3.05) is 37.6 Å². The van der Waals surface area contributed by atoms with Crippen LogP contribution in [0.25, 0.3) is 11.4 Å². The van der Waals surface area contributed by atoms with E-state index >= 15 is 0 Å². The summed E-state index contributed by atoms with van der Waals surface area (Å²) in [4.78, 5) is 19.6. The lowest BCUT2D eigenvalue weighted by Crippen LogP contribution is -2.58. The Labute approximate surface area is 222 Å². The van der Waals surface area contributed by atoms with Gasteiger partial charge >= 0.3 is 0 Å². The van der Waals surface area contributed by atoms with Crippen LogP contribution in [0, 0.1) is 11.3 Å². The third-order valence-corrected chi connectivity index (χ3v) is 8.02. The number of likely N-dealkylation sites (tertiary alicyclic amines) is 1. The predicted octanol–water partition coefficient (Wildman–Crippen LogP) is 5.22. The number of hydrogen-bond donors (Lipinski definition) is 1.